The minimum absolute atomic E-state index is 0.649. The maximum Gasteiger partial charge on any atom is 0.0320 e. The minimum Gasteiger partial charge on any atom is -0.318 e. The van der Waals surface area contributed by atoms with E-state index in [1.165, 1.54) is 32.5 Å². The van der Waals surface area contributed by atoms with E-state index in [4.69, 9.17) is 0 Å². The van der Waals surface area contributed by atoms with Crippen molar-refractivity contribution in [3.05, 3.63) is 0 Å². The van der Waals surface area contributed by atoms with Crippen LogP contribution in [0.1, 0.15) is 19.8 Å². The molecule has 13 heavy (non-hydrogen) atoms. The van der Waals surface area contributed by atoms with Gasteiger partial charge in [0, 0.05) is 32.2 Å². The largest absolute Gasteiger partial charge is 0.318 e. The van der Waals surface area contributed by atoms with Crippen molar-refractivity contribution < 1.29 is 0 Å². The van der Waals surface area contributed by atoms with Gasteiger partial charge in [-0.3, -0.25) is 0 Å². The van der Waals surface area contributed by atoms with Gasteiger partial charge in [-0.05, 0) is 20.0 Å². The van der Waals surface area contributed by atoms with E-state index in [0.29, 0.717) is 6.04 Å². The van der Waals surface area contributed by atoms with Crippen molar-refractivity contribution >= 4 is 0 Å². The van der Waals surface area contributed by atoms with E-state index in [9.17, 15) is 0 Å². The zero-order chi connectivity index (χ0) is 9.52. The van der Waals surface area contributed by atoms with Crippen molar-refractivity contribution in [3.8, 4) is 0 Å². The van der Waals surface area contributed by atoms with Gasteiger partial charge in [0.2, 0.25) is 0 Å². The molecule has 78 valence electrons. The van der Waals surface area contributed by atoms with Crippen LogP contribution in [0.15, 0.2) is 0 Å². The topological polar surface area (TPSA) is 27.3 Å². The summed E-state index contributed by atoms with van der Waals surface area (Å²) in [7, 11) is 2.02. The van der Waals surface area contributed by atoms with E-state index >= 15 is 0 Å². The van der Waals surface area contributed by atoms with Gasteiger partial charge in [0.25, 0.3) is 0 Å². The van der Waals surface area contributed by atoms with Crippen LogP contribution in [0, 0.1) is 0 Å². The third-order valence-electron chi connectivity index (χ3n) is 2.62. The Hall–Kier alpha value is -0.120. The first-order valence-corrected chi connectivity index (χ1v) is 5.47. The predicted octanol–water partition coefficient (Wildman–Crippen LogP) is 0.280. The van der Waals surface area contributed by atoms with Gasteiger partial charge in [-0.2, -0.15) is 0 Å². The number of likely N-dealkylation sites (N-methyl/N-ethyl adjacent to an activating group) is 1. The Morgan fingerprint density at radius 1 is 1.54 bits per heavy atom. The number of rotatable bonds is 5. The van der Waals surface area contributed by atoms with E-state index < -0.39 is 0 Å². The lowest BCUT2D eigenvalue weighted by atomic mass is 10.2. The van der Waals surface area contributed by atoms with E-state index in [2.05, 4.69) is 22.5 Å². The fourth-order valence-electron chi connectivity index (χ4n) is 1.86. The van der Waals surface area contributed by atoms with Crippen LogP contribution < -0.4 is 10.6 Å². The summed E-state index contributed by atoms with van der Waals surface area (Å²) in [6.07, 6.45) is 2.65. The molecule has 1 atom stereocenters. The molecule has 2 N–H and O–H groups in total. The van der Waals surface area contributed by atoms with Crippen LogP contribution >= 0.6 is 0 Å². The zero-order valence-electron chi connectivity index (χ0n) is 8.97. The van der Waals surface area contributed by atoms with Crippen LogP contribution in [0.5, 0.6) is 0 Å². The molecule has 3 heteroatoms. The number of nitrogens with one attached hydrogen (secondary N) is 2. The molecule has 1 saturated heterocycles. The average molecular weight is 185 g/mol. The Morgan fingerprint density at radius 2 is 2.38 bits per heavy atom. The predicted molar refractivity (Wildman–Crippen MR) is 57.1 cm³/mol. The van der Waals surface area contributed by atoms with Gasteiger partial charge in [-0.25, -0.2) is 0 Å². The van der Waals surface area contributed by atoms with Crippen LogP contribution in [0.4, 0.5) is 0 Å². The van der Waals surface area contributed by atoms with Crippen LogP contribution in [-0.4, -0.2) is 50.7 Å². The Bertz CT molecular complexity index is 125. The van der Waals surface area contributed by atoms with Crippen LogP contribution in [0.3, 0.4) is 0 Å². The van der Waals surface area contributed by atoms with Gasteiger partial charge < -0.3 is 15.5 Å². The molecule has 0 aromatic heterocycles. The maximum atomic E-state index is 3.52. The normalized spacial score (nSPS) is 24.9. The molecular weight excluding hydrogens is 162 g/mol. The Labute approximate surface area is 81.9 Å². The molecule has 0 aromatic carbocycles. The van der Waals surface area contributed by atoms with E-state index in [1.54, 1.807) is 0 Å². The highest BCUT2D eigenvalue weighted by molar-refractivity contribution is 4.79. The smallest absolute Gasteiger partial charge is 0.0320 e. The summed E-state index contributed by atoms with van der Waals surface area (Å²) in [4.78, 5) is 2.57. The maximum absolute atomic E-state index is 3.52. The lowest BCUT2D eigenvalue weighted by Gasteiger charge is -2.33. The lowest BCUT2D eigenvalue weighted by Crippen LogP contribution is -2.54. The number of hydrogen-bond donors (Lipinski definition) is 2. The number of nitrogens with zero attached hydrogens (tertiary/aromatic N) is 1. The van der Waals surface area contributed by atoms with Crippen molar-refractivity contribution in [3.63, 3.8) is 0 Å². The first kappa shape index (κ1) is 11.0. The van der Waals surface area contributed by atoms with Gasteiger partial charge in [-0.15, -0.1) is 0 Å². The molecule has 0 spiro atoms. The molecule has 0 radical (unpaired) electrons. The monoisotopic (exact) mass is 185 g/mol. The molecule has 0 amide bonds. The van der Waals surface area contributed by atoms with Crippen LogP contribution in [-0.2, 0) is 0 Å². The second-order valence-corrected chi connectivity index (χ2v) is 3.86. The SMILES string of the molecule is CCCCN1CCNC(CNC)C1. The summed E-state index contributed by atoms with van der Waals surface area (Å²) in [5.41, 5.74) is 0. The second-order valence-electron chi connectivity index (χ2n) is 3.86. The van der Waals surface area contributed by atoms with Crippen molar-refractivity contribution in [2.24, 2.45) is 0 Å². The molecule has 1 heterocycles. The van der Waals surface area contributed by atoms with Gasteiger partial charge in [0.05, 0.1) is 0 Å². The summed E-state index contributed by atoms with van der Waals surface area (Å²) in [6.45, 7) is 8.20. The Morgan fingerprint density at radius 3 is 3.08 bits per heavy atom. The summed E-state index contributed by atoms with van der Waals surface area (Å²) in [6, 6.07) is 0.649. The summed E-state index contributed by atoms with van der Waals surface area (Å²) >= 11 is 0. The van der Waals surface area contributed by atoms with E-state index in [1.807, 2.05) is 7.05 Å². The zero-order valence-corrected chi connectivity index (χ0v) is 8.97. The van der Waals surface area contributed by atoms with Gasteiger partial charge >= 0.3 is 0 Å². The number of piperazine rings is 1. The van der Waals surface area contributed by atoms with Crippen molar-refractivity contribution in [1.82, 2.24) is 15.5 Å². The summed E-state index contributed by atoms with van der Waals surface area (Å²) < 4.78 is 0. The van der Waals surface area contributed by atoms with Crippen LogP contribution in [0.25, 0.3) is 0 Å². The highest BCUT2D eigenvalue weighted by atomic mass is 15.2. The molecular formula is C10H23N3. The standard InChI is InChI=1S/C10H23N3/c1-3-4-6-13-7-5-12-10(9-13)8-11-2/h10-12H,3-9H2,1-2H3. The molecule has 1 aliphatic heterocycles. The molecule has 1 fully saturated rings. The Balaban J connectivity index is 2.16. The fourth-order valence-corrected chi connectivity index (χ4v) is 1.86. The third-order valence-corrected chi connectivity index (χ3v) is 2.62. The average Bonchev–Trinajstić information content (AvgIpc) is 2.16. The lowest BCUT2D eigenvalue weighted by molar-refractivity contribution is 0.196. The quantitative estimate of drug-likeness (QED) is 0.644. The molecule has 0 saturated carbocycles. The Kier molecular flexibility index (Phi) is 5.35. The first-order valence-electron chi connectivity index (χ1n) is 5.47. The van der Waals surface area contributed by atoms with E-state index in [0.717, 1.165) is 13.1 Å². The van der Waals surface area contributed by atoms with Gasteiger partial charge in [0.1, 0.15) is 0 Å². The summed E-state index contributed by atoms with van der Waals surface area (Å²) in [5.74, 6) is 0. The molecule has 1 rings (SSSR count). The van der Waals surface area contributed by atoms with Gasteiger partial charge in [0.15, 0.2) is 0 Å². The van der Waals surface area contributed by atoms with Gasteiger partial charge in [-0.1, -0.05) is 13.3 Å². The fraction of sp³-hybridized carbons (Fsp3) is 1.00. The van der Waals surface area contributed by atoms with Crippen LogP contribution in [0.2, 0.25) is 0 Å². The van der Waals surface area contributed by atoms with Crippen molar-refractivity contribution in [1.29, 1.82) is 0 Å². The van der Waals surface area contributed by atoms with Crippen molar-refractivity contribution in [2.45, 2.75) is 25.8 Å². The minimum atomic E-state index is 0.649. The molecule has 0 aromatic rings. The third kappa shape index (κ3) is 4.07. The molecule has 0 bridgehead atoms. The van der Waals surface area contributed by atoms with Crippen molar-refractivity contribution in [2.75, 3.05) is 39.8 Å². The second kappa shape index (κ2) is 6.35. The number of unbranched alkanes of at least 4 members (excludes halogenated alkanes) is 1. The molecule has 0 aliphatic carbocycles. The van der Waals surface area contributed by atoms with E-state index in [-0.39, 0.29) is 0 Å². The molecule has 1 aliphatic rings. The first-order chi connectivity index (χ1) is 6.36. The highest BCUT2D eigenvalue weighted by Crippen LogP contribution is 2.00. The molecule has 1 unspecified atom stereocenters. The highest BCUT2D eigenvalue weighted by Gasteiger charge is 2.17. The molecule has 3 nitrogen and oxygen atoms in total. The summed E-state index contributed by atoms with van der Waals surface area (Å²) in [5, 5.41) is 6.75. The number of hydrogen-bond acceptors (Lipinski definition) is 3.